The molecular weight excluding hydrogens is 381 g/mol. The van der Waals surface area contributed by atoms with Crippen LogP contribution in [0.1, 0.15) is 16.7 Å². The first-order valence-corrected chi connectivity index (χ1v) is 9.35. The molecule has 0 aromatic heterocycles. The molecule has 3 aromatic carbocycles. The number of aryl methyl sites for hydroxylation is 1. The zero-order valence-corrected chi connectivity index (χ0v) is 16.8. The van der Waals surface area contributed by atoms with E-state index < -0.39 is 0 Å². The highest BCUT2D eigenvalue weighted by molar-refractivity contribution is 6.35. The highest BCUT2D eigenvalue weighted by atomic mass is 35.5. The van der Waals surface area contributed by atoms with Crippen LogP contribution in [0, 0.1) is 6.92 Å². The highest BCUT2D eigenvalue weighted by Gasteiger charge is 2.11. The minimum Gasteiger partial charge on any atom is -0.493 e. The summed E-state index contributed by atoms with van der Waals surface area (Å²) in [6, 6.07) is 19.5. The largest absolute Gasteiger partial charge is 0.493 e. The second-order valence-corrected chi connectivity index (χ2v) is 7.11. The number of methoxy groups -OCH3 is 1. The van der Waals surface area contributed by atoms with Gasteiger partial charge in [-0.1, -0.05) is 65.2 Å². The molecule has 0 unspecified atom stereocenters. The van der Waals surface area contributed by atoms with Gasteiger partial charge < -0.3 is 14.8 Å². The van der Waals surface area contributed by atoms with Gasteiger partial charge in [0.1, 0.15) is 6.61 Å². The summed E-state index contributed by atoms with van der Waals surface area (Å²) in [7, 11) is 1.64. The van der Waals surface area contributed by atoms with Crippen molar-refractivity contribution >= 4 is 28.9 Å². The van der Waals surface area contributed by atoms with Crippen LogP contribution in [0.2, 0.25) is 10.0 Å². The number of halogens is 2. The van der Waals surface area contributed by atoms with E-state index in [1.54, 1.807) is 13.2 Å². The Morgan fingerprint density at radius 1 is 0.926 bits per heavy atom. The van der Waals surface area contributed by atoms with Crippen LogP contribution < -0.4 is 14.8 Å². The van der Waals surface area contributed by atoms with Crippen LogP contribution in [0.4, 0.5) is 5.69 Å². The molecule has 0 amide bonds. The van der Waals surface area contributed by atoms with Crippen molar-refractivity contribution in [1.29, 1.82) is 0 Å². The molecule has 0 aliphatic carbocycles. The predicted octanol–water partition coefficient (Wildman–Crippen LogP) is 6.50. The first-order chi connectivity index (χ1) is 13.0. The lowest BCUT2D eigenvalue weighted by Gasteiger charge is -2.16. The van der Waals surface area contributed by atoms with Crippen molar-refractivity contribution in [3.05, 3.63) is 87.4 Å². The molecule has 0 bridgehead atoms. The first kappa shape index (κ1) is 19.4. The number of para-hydroxylation sites is 1. The van der Waals surface area contributed by atoms with Gasteiger partial charge in [-0.3, -0.25) is 0 Å². The van der Waals surface area contributed by atoms with Gasteiger partial charge in [-0.05, 0) is 36.8 Å². The minimum absolute atomic E-state index is 0.470. The van der Waals surface area contributed by atoms with E-state index in [4.69, 9.17) is 32.7 Å². The van der Waals surface area contributed by atoms with Crippen molar-refractivity contribution in [3.8, 4) is 11.5 Å². The Hall–Kier alpha value is -2.36. The van der Waals surface area contributed by atoms with Crippen molar-refractivity contribution in [3.63, 3.8) is 0 Å². The Morgan fingerprint density at radius 2 is 1.67 bits per heavy atom. The van der Waals surface area contributed by atoms with Gasteiger partial charge in [-0.2, -0.15) is 0 Å². The summed E-state index contributed by atoms with van der Waals surface area (Å²) in [5.41, 5.74) is 4.15. The fraction of sp³-hybridized carbons (Fsp3) is 0.182. The zero-order chi connectivity index (χ0) is 19.2. The molecule has 3 rings (SSSR count). The Bertz CT molecular complexity index is 908. The Morgan fingerprint density at radius 3 is 2.37 bits per heavy atom. The van der Waals surface area contributed by atoms with Crippen LogP contribution in [-0.2, 0) is 13.2 Å². The number of nitrogens with one attached hydrogen (secondary N) is 1. The SMILES string of the molecule is COc1cccc(CNc2cc(Cl)cc(Cl)c2)c1OCc1cccc(C)c1. The summed E-state index contributed by atoms with van der Waals surface area (Å²) in [4.78, 5) is 0. The molecule has 0 saturated carbocycles. The average molecular weight is 402 g/mol. The second kappa shape index (κ2) is 9.03. The molecular formula is C22H21Cl2NO2. The molecule has 0 aliphatic rings. The number of hydrogen-bond acceptors (Lipinski definition) is 3. The maximum Gasteiger partial charge on any atom is 0.166 e. The highest BCUT2D eigenvalue weighted by Crippen LogP contribution is 2.33. The number of ether oxygens (including phenoxy) is 2. The van der Waals surface area contributed by atoms with E-state index in [2.05, 4.69) is 24.4 Å². The van der Waals surface area contributed by atoms with Gasteiger partial charge in [-0.25, -0.2) is 0 Å². The Balaban J connectivity index is 1.78. The van der Waals surface area contributed by atoms with Crippen molar-refractivity contribution < 1.29 is 9.47 Å². The maximum absolute atomic E-state index is 6.12. The number of benzene rings is 3. The minimum atomic E-state index is 0.470. The fourth-order valence-corrected chi connectivity index (χ4v) is 3.36. The van der Waals surface area contributed by atoms with E-state index in [9.17, 15) is 0 Å². The molecule has 0 aliphatic heterocycles. The molecule has 3 nitrogen and oxygen atoms in total. The second-order valence-electron chi connectivity index (χ2n) is 6.24. The van der Waals surface area contributed by atoms with Crippen molar-refractivity contribution in [1.82, 2.24) is 0 Å². The summed E-state index contributed by atoms with van der Waals surface area (Å²) in [5, 5.41) is 4.52. The molecule has 0 fully saturated rings. The third kappa shape index (κ3) is 5.31. The lowest BCUT2D eigenvalue weighted by molar-refractivity contribution is 0.281. The van der Waals surface area contributed by atoms with Gasteiger partial charge >= 0.3 is 0 Å². The molecule has 0 saturated heterocycles. The summed E-state index contributed by atoms with van der Waals surface area (Å²) < 4.78 is 11.6. The lowest BCUT2D eigenvalue weighted by atomic mass is 10.1. The molecule has 0 radical (unpaired) electrons. The number of rotatable bonds is 7. The summed E-state index contributed by atoms with van der Waals surface area (Å²) in [5.74, 6) is 1.42. The Kier molecular flexibility index (Phi) is 6.49. The molecule has 1 N–H and O–H groups in total. The molecule has 0 spiro atoms. The van der Waals surface area contributed by atoms with Crippen LogP contribution in [-0.4, -0.2) is 7.11 Å². The standard InChI is InChI=1S/C22H21Cl2NO2/c1-15-5-3-6-16(9-15)14-27-22-17(7-4-8-21(22)26-2)13-25-20-11-18(23)10-19(24)12-20/h3-12,25H,13-14H2,1-2H3. The van der Waals surface area contributed by atoms with Gasteiger partial charge in [0.2, 0.25) is 0 Å². The molecule has 0 heterocycles. The monoisotopic (exact) mass is 401 g/mol. The van der Waals surface area contributed by atoms with E-state index in [0.29, 0.717) is 28.9 Å². The van der Waals surface area contributed by atoms with Gasteiger partial charge in [0.25, 0.3) is 0 Å². The molecule has 3 aromatic rings. The van der Waals surface area contributed by atoms with Crippen molar-refractivity contribution in [2.75, 3.05) is 12.4 Å². The average Bonchev–Trinajstić information content (AvgIpc) is 2.64. The molecule has 140 valence electrons. The van der Waals surface area contributed by atoms with Crippen LogP contribution in [0.3, 0.4) is 0 Å². The fourth-order valence-electron chi connectivity index (χ4n) is 2.84. The smallest absolute Gasteiger partial charge is 0.166 e. The molecule has 27 heavy (non-hydrogen) atoms. The summed E-state index contributed by atoms with van der Waals surface area (Å²) >= 11 is 12.1. The van der Waals surface area contributed by atoms with Crippen molar-refractivity contribution in [2.45, 2.75) is 20.1 Å². The van der Waals surface area contributed by atoms with Gasteiger partial charge in [0.05, 0.1) is 7.11 Å². The third-order valence-corrected chi connectivity index (χ3v) is 4.53. The van der Waals surface area contributed by atoms with E-state index in [1.165, 1.54) is 5.56 Å². The van der Waals surface area contributed by atoms with E-state index in [-0.39, 0.29) is 0 Å². The Labute approximate surface area is 169 Å². The van der Waals surface area contributed by atoms with E-state index >= 15 is 0 Å². The quantitative estimate of drug-likeness (QED) is 0.489. The van der Waals surface area contributed by atoms with Gasteiger partial charge in [-0.15, -0.1) is 0 Å². The summed E-state index contributed by atoms with van der Waals surface area (Å²) in [6.07, 6.45) is 0. The van der Waals surface area contributed by atoms with Crippen molar-refractivity contribution in [2.24, 2.45) is 0 Å². The summed E-state index contributed by atoms with van der Waals surface area (Å²) in [6.45, 7) is 3.09. The topological polar surface area (TPSA) is 30.5 Å². The van der Waals surface area contributed by atoms with Gasteiger partial charge in [0.15, 0.2) is 11.5 Å². The molecule has 0 atom stereocenters. The molecule has 5 heteroatoms. The first-order valence-electron chi connectivity index (χ1n) is 8.59. The predicted molar refractivity (Wildman–Crippen MR) is 112 cm³/mol. The van der Waals surface area contributed by atoms with Crippen LogP contribution in [0.5, 0.6) is 11.5 Å². The zero-order valence-electron chi connectivity index (χ0n) is 15.3. The van der Waals surface area contributed by atoms with E-state index in [0.717, 1.165) is 22.6 Å². The normalized spacial score (nSPS) is 10.5. The lowest BCUT2D eigenvalue weighted by Crippen LogP contribution is -2.05. The maximum atomic E-state index is 6.12. The van der Waals surface area contributed by atoms with Crippen LogP contribution in [0.25, 0.3) is 0 Å². The third-order valence-electron chi connectivity index (χ3n) is 4.09. The number of hydrogen-bond donors (Lipinski definition) is 1. The van der Waals surface area contributed by atoms with E-state index in [1.807, 2.05) is 42.5 Å². The van der Waals surface area contributed by atoms with Gasteiger partial charge in [0, 0.05) is 27.8 Å². The van der Waals surface area contributed by atoms with Crippen LogP contribution in [0.15, 0.2) is 60.7 Å². The van der Waals surface area contributed by atoms with Crippen LogP contribution >= 0.6 is 23.2 Å². The number of anilines is 1.